The molecule has 0 radical (unpaired) electrons. The first-order chi connectivity index (χ1) is 11.5. The van der Waals surface area contributed by atoms with Crippen LogP contribution in [0.15, 0.2) is 18.2 Å². The summed E-state index contributed by atoms with van der Waals surface area (Å²) in [6.45, 7) is 4.09. The number of benzene rings is 1. The van der Waals surface area contributed by atoms with Crippen LogP contribution in [-0.4, -0.2) is 61.2 Å². The van der Waals surface area contributed by atoms with Gasteiger partial charge in [-0.3, -0.25) is 4.79 Å². The Hall–Kier alpha value is -2.02. The van der Waals surface area contributed by atoms with Gasteiger partial charge in [-0.25, -0.2) is 9.18 Å². The van der Waals surface area contributed by atoms with Crippen LogP contribution in [-0.2, 0) is 9.53 Å². The highest BCUT2D eigenvalue weighted by molar-refractivity contribution is 6.32. The van der Waals surface area contributed by atoms with Crippen molar-refractivity contribution in [2.24, 2.45) is 0 Å². The Morgan fingerprint density at radius 1 is 1.21 bits per heavy atom. The summed E-state index contributed by atoms with van der Waals surface area (Å²) in [6, 6.07) is 3.84. The van der Waals surface area contributed by atoms with E-state index in [9.17, 15) is 14.0 Å². The third kappa shape index (κ3) is 4.99. The van der Waals surface area contributed by atoms with Crippen LogP contribution in [0.2, 0.25) is 5.02 Å². The number of piperazine rings is 1. The molecular formula is C16H20ClFN2O4. The predicted octanol–water partition coefficient (Wildman–Crippen LogP) is 2.55. The monoisotopic (exact) mass is 358 g/mol. The van der Waals surface area contributed by atoms with E-state index in [0.717, 1.165) is 6.07 Å². The molecule has 1 aliphatic heterocycles. The van der Waals surface area contributed by atoms with Crippen molar-refractivity contribution >= 4 is 23.6 Å². The fraction of sp³-hybridized carbons (Fsp3) is 0.500. The second-order valence-electron chi connectivity index (χ2n) is 5.24. The molecule has 1 saturated heterocycles. The lowest BCUT2D eigenvalue weighted by Gasteiger charge is -2.34. The fourth-order valence-corrected chi connectivity index (χ4v) is 2.57. The van der Waals surface area contributed by atoms with Crippen LogP contribution in [0.3, 0.4) is 0 Å². The molecule has 1 aromatic carbocycles. The summed E-state index contributed by atoms with van der Waals surface area (Å²) in [7, 11) is 0. The normalized spacial score (nSPS) is 14.5. The number of carbonyl (C=O) groups excluding carboxylic acids is 2. The van der Waals surface area contributed by atoms with Crippen LogP contribution >= 0.6 is 11.6 Å². The number of carbonyl (C=O) groups is 2. The van der Waals surface area contributed by atoms with Gasteiger partial charge in [-0.1, -0.05) is 11.6 Å². The van der Waals surface area contributed by atoms with Gasteiger partial charge in [0, 0.05) is 26.2 Å². The molecule has 6 nitrogen and oxygen atoms in total. The van der Waals surface area contributed by atoms with Crippen molar-refractivity contribution in [3.05, 3.63) is 29.0 Å². The Labute approximate surface area is 145 Å². The van der Waals surface area contributed by atoms with E-state index in [1.165, 1.54) is 12.1 Å². The number of hydrogen-bond acceptors (Lipinski definition) is 4. The van der Waals surface area contributed by atoms with Crippen LogP contribution in [0.25, 0.3) is 0 Å². The van der Waals surface area contributed by atoms with Crippen molar-refractivity contribution in [2.45, 2.75) is 13.3 Å². The second kappa shape index (κ2) is 8.73. The van der Waals surface area contributed by atoms with Gasteiger partial charge in [0.2, 0.25) is 5.91 Å². The lowest BCUT2D eigenvalue weighted by atomic mass is 10.3. The highest BCUT2D eigenvalue weighted by atomic mass is 35.5. The first kappa shape index (κ1) is 18.3. The second-order valence-corrected chi connectivity index (χ2v) is 5.65. The van der Waals surface area contributed by atoms with E-state index >= 15 is 0 Å². The maximum absolute atomic E-state index is 12.9. The zero-order valence-electron chi connectivity index (χ0n) is 13.5. The average molecular weight is 359 g/mol. The molecule has 0 spiro atoms. The van der Waals surface area contributed by atoms with Gasteiger partial charge in [0.25, 0.3) is 0 Å². The van der Waals surface area contributed by atoms with Crippen LogP contribution in [0.5, 0.6) is 5.75 Å². The minimum absolute atomic E-state index is 0.0586. The van der Waals surface area contributed by atoms with Gasteiger partial charge in [0.05, 0.1) is 24.7 Å². The molecule has 1 heterocycles. The SMILES string of the molecule is CCOC(=O)N1CCN(C(=O)CCOc2ccc(F)cc2Cl)CC1. The molecule has 132 valence electrons. The van der Waals surface area contributed by atoms with Crippen LogP contribution in [0.4, 0.5) is 9.18 Å². The van der Waals surface area contributed by atoms with E-state index in [-0.39, 0.29) is 30.1 Å². The van der Waals surface area contributed by atoms with Gasteiger partial charge in [-0.05, 0) is 25.1 Å². The summed E-state index contributed by atoms with van der Waals surface area (Å²) in [5.74, 6) is -0.155. The first-order valence-electron chi connectivity index (χ1n) is 7.78. The first-order valence-corrected chi connectivity index (χ1v) is 8.16. The van der Waals surface area contributed by atoms with E-state index < -0.39 is 5.82 Å². The zero-order valence-corrected chi connectivity index (χ0v) is 14.2. The number of halogens is 2. The molecule has 0 bridgehead atoms. The van der Waals surface area contributed by atoms with Gasteiger partial charge in [-0.15, -0.1) is 0 Å². The Balaban J connectivity index is 1.73. The molecule has 0 atom stereocenters. The molecule has 2 amide bonds. The van der Waals surface area contributed by atoms with Crippen molar-refractivity contribution in [2.75, 3.05) is 39.4 Å². The topological polar surface area (TPSA) is 59.1 Å². The van der Waals surface area contributed by atoms with Crippen molar-refractivity contribution in [3.63, 3.8) is 0 Å². The summed E-state index contributed by atoms with van der Waals surface area (Å²) in [5, 5.41) is 0.172. The molecular weight excluding hydrogens is 339 g/mol. The highest BCUT2D eigenvalue weighted by Gasteiger charge is 2.24. The number of rotatable bonds is 5. The Morgan fingerprint density at radius 2 is 1.88 bits per heavy atom. The Bertz CT molecular complexity index is 591. The molecule has 2 rings (SSSR count). The molecule has 0 saturated carbocycles. The number of amides is 2. The third-order valence-corrected chi connectivity index (χ3v) is 3.92. The maximum Gasteiger partial charge on any atom is 0.409 e. The number of ether oxygens (including phenoxy) is 2. The molecule has 0 aromatic heterocycles. The molecule has 1 fully saturated rings. The van der Waals surface area contributed by atoms with Gasteiger partial charge >= 0.3 is 6.09 Å². The minimum atomic E-state index is -0.442. The smallest absolute Gasteiger partial charge is 0.409 e. The Morgan fingerprint density at radius 3 is 2.50 bits per heavy atom. The zero-order chi connectivity index (χ0) is 17.5. The van der Waals surface area contributed by atoms with Crippen molar-refractivity contribution in [1.29, 1.82) is 0 Å². The molecule has 24 heavy (non-hydrogen) atoms. The van der Waals surface area contributed by atoms with Gasteiger partial charge in [0.15, 0.2) is 0 Å². The summed E-state index contributed by atoms with van der Waals surface area (Å²) in [5.41, 5.74) is 0. The summed E-state index contributed by atoms with van der Waals surface area (Å²) < 4.78 is 23.3. The predicted molar refractivity (Wildman–Crippen MR) is 86.7 cm³/mol. The Kier molecular flexibility index (Phi) is 6.66. The van der Waals surface area contributed by atoms with Gasteiger partial charge in [-0.2, -0.15) is 0 Å². The van der Waals surface area contributed by atoms with E-state index in [4.69, 9.17) is 21.1 Å². The highest BCUT2D eigenvalue weighted by Crippen LogP contribution is 2.24. The quantitative estimate of drug-likeness (QED) is 0.811. The van der Waals surface area contributed by atoms with Crippen molar-refractivity contribution in [3.8, 4) is 5.75 Å². The van der Waals surface area contributed by atoms with Crippen LogP contribution in [0.1, 0.15) is 13.3 Å². The summed E-state index contributed by atoms with van der Waals surface area (Å²) >= 11 is 5.86. The maximum atomic E-state index is 12.9. The van der Waals surface area contributed by atoms with Gasteiger partial charge in [0.1, 0.15) is 11.6 Å². The molecule has 0 unspecified atom stereocenters. The van der Waals surface area contributed by atoms with Crippen molar-refractivity contribution < 1.29 is 23.5 Å². The molecule has 0 aliphatic carbocycles. The van der Waals surface area contributed by atoms with E-state index in [1.54, 1.807) is 16.7 Å². The van der Waals surface area contributed by atoms with Crippen molar-refractivity contribution in [1.82, 2.24) is 9.80 Å². The van der Waals surface area contributed by atoms with Crippen LogP contribution < -0.4 is 4.74 Å². The molecule has 1 aliphatic rings. The molecule has 0 N–H and O–H groups in total. The third-order valence-electron chi connectivity index (χ3n) is 3.63. The summed E-state index contributed by atoms with van der Waals surface area (Å²) in [6.07, 6.45) is -0.161. The average Bonchev–Trinajstić information content (AvgIpc) is 2.57. The largest absolute Gasteiger partial charge is 0.491 e. The summed E-state index contributed by atoms with van der Waals surface area (Å²) in [4.78, 5) is 27.0. The molecule has 1 aromatic rings. The standard InChI is InChI=1S/C16H20ClFN2O4/c1-2-23-16(22)20-8-6-19(7-9-20)15(21)5-10-24-14-4-3-12(18)11-13(14)17/h3-4,11H,2,5-10H2,1H3. The number of hydrogen-bond donors (Lipinski definition) is 0. The fourth-order valence-electron chi connectivity index (χ4n) is 2.35. The lowest BCUT2D eigenvalue weighted by molar-refractivity contribution is -0.133. The number of nitrogens with zero attached hydrogens (tertiary/aromatic N) is 2. The lowest BCUT2D eigenvalue weighted by Crippen LogP contribution is -2.50. The minimum Gasteiger partial charge on any atom is -0.491 e. The van der Waals surface area contributed by atoms with Gasteiger partial charge < -0.3 is 19.3 Å². The van der Waals surface area contributed by atoms with E-state index in [2.05, 4.69) is 0 Å². The molecule has 8 heteroatoms. The van der Waals surface area contributed by atoms with Crippen LogP contribution in [0, 0.1) is 5.82 Å². The van der Waals surface area contributed by atoms with E-state index in [0.29, 0.717) is 38.5 Å². The van der Waals surface area contributed by atoms with E-state index in [1.807, 2.05) is 0 Å².